The lowest BCUT2D eigenvalue weighted by atomic mass is 9.79. The van der Waals surface area contributed by atoms with Gasteiger partial charge in [0.2, 0.25) is 0 Å². The van der Waals surface area contributed by atoms with Gasteiger partial charge >= 0.3 is 0 Å². The second-order valence-corrected chi connectivity index (χ2v) is 5.30. The van der Waals surface area contributed by atoms with Crippen LogP contribution in [0.5, 0.6) is 0 Å². The number of nitrogens with two attached hydrogens (primary N) is 1. The van der Waals surface area contributed by atoms with E-state index in [0.717, 1.165) is 12.5 Å². The largest absolute Gasteiger partial charge is 0.330 e. The number of rotatable bonds is 5. The molecule has 1 aromatic carbocycles. The first-order valence-corrected chi connectivity index (χ1v) is 7.17. The predicted octanol–water partition coefficient (Wildman–Crippen LogP) is 3.80. The van der Waals surface area contributed by atoms with Crippen molar-refractivity contribution in [3.05, 3.63) is 34.9 Å². The summed E-state index contributed by atoms with van der Waals surface area (Å²) in [5.41, 5.74) is 10.4. The quantitative estimate of drug-likeness (QED) is 0.819. The lowest BCUT2D eigenvalue weighted by Gasteiger charge is -2.26. The molecule has 1 atom stereocenters. The Morgan fingerprint density at radius 1 is 1.35 bits per heavy atom. The van der Waals surface area contributed by atoms with Crippen molar-refractivity contribution in [1.82, 2.24) is 0 Å². The number of hydrogen-bond donors (Lipinski definition) is 1. The van der Waals surface area contributed by atoms with E-state index in [1.54, 1.807) is 11.1 Å². The molecule has 0 bridgehead atoms. The zero-order valence-corrected chi connectivity index (χ0v) is 11.0. The lowest BCUT2D eigenvalue weighted by molar-refractivity contribution is 0.507. The zero-order valence-electron chi connectivity index (χ0n) is 11.0. The second kappa shape index (κ2) is 6.20. The molecule has 0 spiro atoms. The Kier molecular flexibility index (Phi) is 4.61. The zero-order chi connectivity index (χ0) is 12.1. The van der Waals surface area contributed by atoms with Gasteiger partial charge in [0, 0.05) is 0 Å². The fourth-order valence-corrected chi connectivity index (χ4v) is 3.05. The summed E-state index contributed by atoms with van der Waals surface area (Å²) in [7, 11) is 0. The van der Waals surface area contributed by atoms with E-state index in [2.05, 4.69) is 25.1 Å². The van der Waals surface area contributed by atoms with Crippen LogP contribution in [0.3, 0.4) is 0 Å². The van der Waals surface area contributed by atoms with Crippen LogP contribution in [-0.4, -0.2) is 6.54 Å². The van der Waals surface area contributed by atoms with Crippen LogP contribution in [0.25, 0.3) is 0 Å². The van der Waals surface area contributed by atoms with Crippen LogP contribution in [0.1, 0.15) is 61.6 Å². The van der Waals surface area contributed by atoms with E-state index in [-0.39, 0.29) is 0 Å². The highest BCUT2D eigenvalue weighted by atomic mass is 14.5. The first-order chi connectivity index (χ1) is 8.35. The van der Waals surface area contributed by atoms with Crippen molar-refractivity contribution in [2.75, 3.05) is 6.54 Å². The molecular weight excluding hydrogens is 206 g/mol. The van der Waals surface area contributed by atoms with Crippen LogP contribution in [0.4, 0.5) is 0 Å². The van der Waals surface area contributed by atoms with E-state index in [1.807, 2.05) is 0 Å². The van der Waals surface area contributed by atoms with Crippen LogP contribution < -0.4 is 5.73 Å². The fraction of sp³-hybridized carbons (Fsp3) is 0.625. The van der Waals surface area contributed by atoms with Gasteiger partial charge in [0.15, 0.2) is 0 Å². The maximum atomic E-state index is 5.64. The van der Waals surface area contributed by atoms with Gasteiger partial charge in [0.1, 0.15) is 0 Å². The first-order valence-electron chi connectivity index (χ1n) is 7.17. The SMILES string of the molecule is CCCc1ccc2c(c1)C(CCCN)CCC2. The van der Waals surface area contributed by atoms with E-state index >= 15 is 0 Å². The van der Waals surface area contributed by atoms with Crippen molar-refractivity contribution >= 4 is 0 Å². The normalized spacial score (nSPS) is 19.1. The van der Waals surface area contributed by atoms with Gasteiger partial charge in [0.05, 0.1) is 0 Å². The molecule has 1 nitrogen and oxygen atoms in total. The molecule has 2 rings (SSSR count). The molecule has 0 saturated heterocycles. The standard InChI is InChI=1S/C16H25N/c1-2-5-13-9-10-15-7-3-6-14(8-4-11-17)16(15)12-13/h9-10,12,14H,2-8,11,17H2,1H3. The van der Waals surface area contributed by atoms with E-state index in [4.69, 9.17) is 5.73 Å². The Balaban J connectivity index is 2.18. The van der Waals surface area contributed by atoms with Crippen molar-refractivity contribution in [3.8, 4) is 0 Å². The second-order valence-electron chi connectivity index (χ2n) is 5.30. The van der Waals surface area contributed by atoms with Crippen molar-refractivity contribution in [1.29, 1.82) is 0 Å². The molecule has 0 aliphatic heterocycles. The molecule has 1 aromatic rings. The van der Waals surface area contributed by atoms with Crippen molar-refractivity contribution in [3.63, 3.8) is 0 Å². The summed E-state index contributed by atoms with van der Waals surface area (Å²) in [4.78, 5) is 0. The van der Waals surface area contributed by atoms with Crippen molar-refractivity contribution < 1.29 is 0 Å². The molecule has 1 unspecified atom stereocenters. The van der Waals surface area contributed by atoms with Gasteiger partial charge in [-0.3, -0.25) is 0 Å². The summed E-state index contributed by atoms with van der Waals surface area (Å²) in [6.07, 6.45) is 8.91. The molecule has 0 amide bonds. The Morgan fingerprint density at radius 3 is 3.00 bits per heavy atom. The number of aryl methyl sites for hydroxylation is 2. The third-order valence-electron chi connectivity index (χ3n) is 3.94. The predicted molar refractivity (Wildman–Crippen MR) is 74.4 cm³/mol. The lowest BCUT2D eigenvalue weighted by Crippen LogP contribution is -2.12. The minimum Gasteiger partial charge on any atom is -0.330 e. The van der Waals surface area contributed by atoms with Crippen molar-refractivity contribution in [2.45, 2.75) is 57.8 Å². The summed E-state index contributed by atoms with van der Waals surface area (Å²) in [5.74, 6) is 0.777. The molecule has 1 aliphatic carbocycles. The Labute approximate surface area is 105 Å². The molecule has 0 heterocycles. The molecule has 94 valence electrons. The highest BCUT2D eigenvalue weighted by molar-refractivity contribution is 5.36. The maximum absolute atomic E-state index is 5.64. The van der Waals surface area contributed by atoms with Crippen LogP contribution in [0, 0.1) is 0 Å². The monoisotopic (exact) mass is 231 g/mol. The molecule has 0 saturated carbocycles. The van der Waals surface area contributed by atoms with E-state index < -0.39 is 0 Å². The number of benzene rings is 1. The highest BCUT2D eigenvalue weighted by Crippen LogP contribution is 2.35. The van der Waals surface area contributed by atoms with Crippen LogP contribution in [0.2, 0.25) is 0 Å². The average molecular weight is 231 g/mol. The third-order valence-corrected chi connectivity index (χ3v) is 3.94. The molecule has 0 aromatic heterocycles. The summed E-state index contributed by atoms with van der Waals surface area (Å²) in [6, 6.07) is 7.17. The van der Waals surface area contributed by atoms with Gasteiger partial charge in [-0.25, -0.2) is 0 Å². The minimum atomic E-state index is 0.777. The highest BCUT2D eigenvalue weighted by Gasteiger charge is 2.19. The Bertz CT molecular complexity index is 357. The molecule has 1 aliphatic rings. The van der Waals surface area contributed by atoms with Gasteiger partial charge in [-0.2, -0.15) is 0 Å². The van der Waals surface area contributed by atoms with E-state index in [9.17, 15) is 0 Å². The topological polar surface area (TPSA) is 26.0 Å². The summed E-state index contributed by atoms with van der Waals surface area (Å²) in [6.45, 7) is 3.09. The van der Waals surface area contributed by atoms with Crippen LogP contribution >= 0.6 is 0 Å². The minimum absolute atomic E-state index is 0.777. The Morgan fingerprint density at radius 2 is 2.24 bits per heavy atom. The fourth-order valence-electron chi connectivity index (χ4n) is 3.05. The van der Waals surface area contributed by atoms with Crippen LogP contribution in [-0.2, 0) is 12.8 Å². The number of fused-ring (bicyclic) bond motifs is 1. The van der Waals surface area contributed by atoms with E-state index in [0.29, 0.717) is 0 Å². The molecule has 0 fully saturated rings. The average Bonchev–Trinajstić information content (AvgIpc) is 2.36. The number of hydrogen-bond acceptors (Lipinski definition) is 1. The Hall–Kier alpha value is -0.820. The summed E-state index contributed by atoms with van der Waals surface area (Å²) >= 11 is 0. The molecule has 17 heavy (non-hydrogen) atoms. The maximum Gasteiger partial charge on any atom is -0.00771 e. The molecule has 1 heteroatoms. The first kappa shape index (κ1) is 12.6. The van der Waals surface area contributed by atoms with Gasteiger partial charge in [-0.15, -0.1) is 0 Å². The van der Waals surface area contributed by atoms with Gasteiger partial charge in [-0.1, -0.05) is 31.5 Å². The smallest absolute Gasteiger partial charge is 0.00771 e. The van der Waals surface area contributed by atoms with Crippen LogP contribution in [0.15, 0.2) is 18.2 Å². The third kappa shape index (κ3) is 3.10. The molecular formula is C16H25N. The summed E-state index contributed by atoms with van der Waals surface area (Å²) < 4.78 is 0. The van der Waals surface area contributed by atoms with E-state index in [1.165, 1.54) is 50.5 Å². The summed E-state index contributed by atoms with van der Waals surface area (Å²) in [5, 5.41) is 0. The van der Waals surface area contributed by atoms with Gasteiger partial charge in [0.25, 0.3) is 0 Å². The van der Waals surface area contributed by atoms with Gasteiger partial charge in [-0.05, 0) is 67.7 Å². The molecule has 2 N–H and O–H groups in total. The molecule has 0 radical (unpaired) electrons. The van der Waals surface area contributed by atoms with Gasteiger partial charge < -0.3 is 5.73 Å². The van der Waals surface area contributed by atoms with Crippen molar-refractivity contribution in [2.24, 2.45) is 5.73 Å².